The lowest BCUT2D eigenvalue weighted by molar-refractivity contribution is -0.140. The predicted molar refractivity (Wildman–Crippen MR) is 152 cm³/mol. The van der Waals surface area contributed by atoms with Crippen LogP contribution in [0.1, 0.15) is 22.3 Å². The Balaban J connectivity index is 1.42. The lowest BCUT2D eigenvalue weighted by atomic mass is 10.0. The molecule has 1 aliphatic heterocycles. The highest BCUT2D eigenvalue weighted by atomic mass is 16.7. The monoisotopic (exact) mass is 536 g/mol. The van der Waals surface area contributed by atoms with Gasteiger partial charge in [-0.1, -0.05) is 78.9 Å². The molecule has 0 saturated carbocycles. The van der Waals surface area contributed by atoms with Crippen molar-refractivity contribution in [3.05, 3.63) is 125 Å². The number of ether oxygens (including phenoxy) is 3. The van der Waals surface area contributed by atoms with E-state index in [-0.39, 0.29) is 31.6 Å². The van der Waals surface area contributed by atoms with Gasteiger partial charge in [-0.25, -0.2) is 0 Å². The fraction of sp³-hybridized carbons (Fsp3) is 0.212. The van der Waals surface area contributed by atoms with Crippen molar-refractivity contribution in [3.8, 4) is 17.2 Å². The van der Waals surface area contributed by atoms with Gasteiger partial charge >= 0.3 is 0 Å². The van der Waals surface area contributed by atoms with E-state index in [1.165, 1.54) is 0 Å². The SMILES string of the molecule is COc1ccc(CN(C(=O)Cc2ccccc2)C(Cc2ccccc2)C(=O)NCc2ccc3c(c2)OCO3)cc1. The normalized spacial score (nSPS) is 12.4. The zero-order chi connectivity index (χ0) is 27.7. The Labute approximate surface area is 234 Å². The van der Waals surface area contributed by atoms with Crippen molar-refractivity contribution in [3.63, 3.8) is 0 Å². The number of rotatable bonds is 11. The van der Waals surface area contributed by atoms with Crippen molar-refractivity contribution in [1.82, 2.24) is 10.2 Å². The molecular weight excluding hydrogens is 504 g/mol. The van der Waals surface area contributed by atoms with Gasteiger partial charge in [0.1, 0.15) is 11.8 Å². The number of carbonyl (C=O) groups is 2. The molecule has 5 rings (SSSR count). The van der Waals surface area contributed by atoms with Gasteiger partial charge in [-0.2, -0.15) is 0 Å². The number of methoxy groups -OCH3 is 1. The molecule has 204 valence electrons. The van der Waals surface area contributed by atoms with E-state index < -0.39 is 6.04 Å². The molecule has 1 unspecified atom stereocenters. The predicted octanol–water partition coefficient (Wildman–Crippen LogP) is 4.92. The van der Waals surface area contributed by atoms with Gasteiger partial charge in [0.15, 0.2) is 11.5 Å². The third-order valence-corrected chi connectivity index (χ3v) is 6.88. The van der Waals surface area contributed by atoms with Gasteiger partial charge in [-0.15, -0.1) is 0 Å². The minimum atomic E-state index is -0.727. The first kappa shape index (κ1) is 26.8. The van der Waals surface area contributed by atoms with E-state index in [0.29, 0.717) is 24.5 Å². The first-order chi connectivity index (χ1) is 19.6. The van der Waals surface area contributed by atoms with Crippen molar-refractivity contribution in [1.29, 1.82) is 0 Å². The maximum atomic E-state index is 13.9. The second-order valence-corrected chi connectivity index (χ2v) is 9.64. The molecule has 0 aromatic heterocycles. The molecule has 1 N–H and O–H groups in total. The molecule has 1 atom stereocenters. The molecule has 4 aromatic carbocycles. The standard InChI is InChI=1S/C33H32N2O5/c1-38-28-15-12-26(13-16-28)22-35(32(36)20-25-10-6-3-7-11-25)29(18-24-8-4-2-5-9-24)33(37)34-21-27-14-17-30-31(19-27)40-23-39-30/h2-17,19,29H,18,20-23H2,1H3,(H,34,37). The highest BCUT2D eigenvalue weighted by Gasteiger charge is 2.30. The van der Waals surface area contributed by atoms with Crippen molar-refractivity contribution < 1.29 is 23.8 Å². The Bertz CT molecular complexity index is 1420. The third-order valence-electron chi connectivity index (χ3n) is 6.88. The van der Waals surface area contributed by atoms with Crippen LogP contribution in [0.15, 0.2) is 103 Å². The summed E-state index contributed by atoms with van der Waals surface area (Å²) in [5.41, 5.74) is 3.65. The lowest BCUT2D eigenvalue weighted by Gasteiger charge is -2.32. The molecule has 1 aliphatic rings. The molecule has 7 heteroatoms. The molecule has 0 fully saturated rings. The minimum Gasteiger partial charge on any atom is -0.497 e. The molecule has 0 spiro atoms. The minimum absolute atomic E-state index is 0.124. The highest BCUT2D eigenvalue weighted by molar-refractivity contribution is 5.88. The number of hydrogen-bond donors (Lipinski definition) is 1. The summed E-state index contributed by atoms with van der Waals surface area (Å²) in [6.45, 7) is 0.767. The van der Waals surface area contributed by atoms with E-state index in [2.05, 4.69) is 5.32 Å². The van der Waals surface area contributed by atoms with Crippen LogP contribution in [0.3, 0.4) is 0 Å². The van der Waals surface area contributed by atoms with Crippen LogP contribution in [0.2, 0.25) is 0 Å². The van der Waals surface area contributed by atoms with Crippen LogP contribution in [-0.2, 0) is 35.5 Å². The van der Waals surface area contributed by atoms with Gasteiger partial charge in [0.25, 0.3) is 0 Å². The van der Waals surface area contributed by atoms with Crippen LogP contribution < -0.4 is 19.5 Å². The third kappa shape index (κ3) is 6.80. The van der Waals surface area contributed by atoms with E-state index >= 15 is 0 Å². The fourth-order valence-corrected chi connectivity index (χ4v) is 4.71. The van der Waals surface area contributed by atoms with Gasteiger partial charge in [0.2, 0.25) is 18.6 Å². The summed E-state index contributed by atoms with van der Waals surface area (Å²) in [6, 6.07) is 31.8. The Morgan fingerprint density at radius 1 is 0.800 bits per heavy atom. The van der Waals surface area contributed by atoms with Crippen LogP contribution in [0.5, 0.6) is 17.2 Å². The van der Waals surface area contributed by atoms with Crippen LogP contribution in [0, 0.1) is 0 Å². The Morgan fingerprint density at radius 2 is 1.45 bits per heavy atom. The molecular formula is C33H32N2O5. The summed E-state index contributed by atoms with van der Waals surface area (Å²) < 4.78 is 16.2. The number of nitrogens with one attached hydrogen (secondary N) is 1. The maximum Gasteiger partial charge on any atom is 0.243 e. The first-order valence-corrected chi connectivity index (χ1v) is 13.3. The summed E-state index contributed by atoms with van der Waals surface area (Å²) in [6.07, 6.45) is 0.572. The van der Waals surface area contributed by atoms with E-state index in [9.17, 15) is 9.59 Å². The quantitative estimate of drug-likeness (QED) is 0.294. The van der Waals surface area contributed by atoms with Gasteiger partial charge in [-0.05, 0) is 46.5 Å². The topological polar surface area (TPSA) is 77.1 Å². The second kappa shape index (κ2) is 12.8. The van der Waals surface area contributed by atoms with E-state index in [1.54, 1.807) is 12.0 Å². The molecule has 1 heterocycles. The summed E-state index contributed by atoms with van der Waals surface area (Å²) in [5, 5.41) is 3.06. The van der Waals surface area contributed by atoms with Crippen molar-refractivity contribution in [2.75, 3.05) is 13.9 Å². The Hall–Kier alpha value is -4.78. The molecule has 7 nitrogen and oxygen atoms in total. The zero-order valence-corrected chi connectivity index (χ0v) is 22.4. The van der Waals surface area contributed by atoms with E-state index in [4.69, 9.17) is 14.2 Å². The summed E-state index contributed by atoms with van der Waals surface area (Å²) in [5.74, 6) is 1.73. The van der Waals surface area contributed by atoms with Gasteiger partial charge in [-0.3, -0.25) is 9.59 Å². The zero-order valence-electron chi connectivity index (χ0n) is 22.4. The average Bonchev–Trinajstić information content (AvgIpc) is 3.47. The van der Waals surface area contributed by atoms with Crippen LogP contribution in [0.25, 0.3) is 0 Å². The Kier molecular flexibility index (Phi) is 8.61. The molecule has 0 bridgehead atoms. The summed E-state index contributed by atoms with van der Waals surface area (Å²) in [7, 11) is 1.62. The highest BCUT2D eigenvalue weighted by Crippen LogP contribution is 2.32. The van der Waals surface area contributed by atoms with Crippen LogP contribution in [0.4, 0.5) is 0 Å². The molecule has 0 radical (unpaired) electrons. The van der Waals surface area contributed by atoms with Crippen LogP contribution >= 0.6 is 0 Å². The van der Waals surface area contributed by atoms with E-state index in [1.807, 2.05) is 103 Å². The molecule has 0 saturated heterocycles. The van der Waals surface area contributed by atoms with Gasteiger partial charge < -0.3 is 24.4 Å². The molecule has 40 heavy (non-hydrogen) atoms. The largest absolute Gasteiger partial charge is 0.497 e. The number of hydrogen-bond acceptors (Lipinski definition) is 5. The Morgan fingerprint density at radius 3 is 2.15 bits per heavy atom. The lowest BCUT2D eigenvalue weighted by Crippen LogP contribution is -2.50. The van der Waals surface area contributed by atoms with E-state index in [0.717, 1.165) is 28.0 Å². The number of amides is 2. The maximum absolute atomic E-state index is 13.9. The first-order valence-electron chi connectivity index (χ1n) is 13.3. The second-order valence-electron chi connectivity index (χ2n) is 9.64. The molecule has 4 aromatic rings. The van der Waals surface area contributed by atoms with Gasteiger partial charge in [0, 0.05) is 19.5 Å². The fourth-order valence-electron chi connectivity index (χ4n) is 4.71. The molecule has 0 aliphatic carbocycles. The van der Waals surface area contributed by atoms with Crippen molar-refractivity contribution >= 4 is 11.8 Å². The number of nitrogens with zero attached hydrogens (tertiary/aromatic N) is 1. The van der Waals surface area contributed by atoms with Crippen molar-refractivity contribution in [2.24, 2.45) is 0 Å². The number of carbonyl (C=O) groups excluding carboxylic acids is 2. The van der Waals surface area contributed by atoms with Crippen LogP contribution in [-0.4, -0.2) is 36.7 Å². The summed E-state index contributed by atoms with van der Waals surface area (Å²) in [4.78, 5) is 29.4. The van der Waals surface area contributed by atoms with Crippen molar-refractivity contribution in [2.45, 2.75) is 32.0 Å². The average molecular weight is 537 g/mol. The molecule has 2 amide bonds. The smallest absolute Gasteiger partial charge is 0.243 e. The summed E-state index contributed by atoms with van der Waals surface area (Å²) >= 11 is 0. The number of benzene rings is 4. The van der Waals surface area contributed by atoms with Gasteiger partial charge in [0.05, 0.1) is 13.5 Å². The number of fused-ring (bicyclic) bond motifs is 1.